The van der Waals surface area contributed by atoms with Crippen LogP contribution < -0.4 is 5.73 Å². The lowest BCUT2D eigenvalue weighted by atomic mass is 10.6. The number of anilines is 1. The Morgan fingerprint density at radius 3 is 2.30 bits per heavy atom. The minimum absolute atomic E-state index is 0.288. The van der Waals surface area contributed by atoms with E-state index in [-0.39, 0.29) is 9.21 Å². The minimum Gasteiger partial charge on any atom is -0.391 e. The van der Waals surface area contributed by atoms with Crippen LogP contribution in [-0.2, 0) is 10.2 Å². The molecule has 1 aromatic heterocycles. The molecule has 56 valence electrons. The Bertz CT molecular complexity index is 329. The van der Waals surface area contributed by atoms with Crippen molar-refractivity contribution in [1.29, 1.82) is 0 Å². The van der Waals surface area contributed by atoms with Crippen LogP contribution in [0.1, 0.15) is 0 Å². The molecule has 0 bridgehead atoms. The van der Waals surface area contributed by atoms with E-state index in [1.54, 1.807) is 0 Å². The van der Waals surface area contributed by atoms with Crippen molar-refractivity contribution in [3.63, 3.8) is 0 Å². The number of halogens is 1. The molecule has 0 aliphatic carbocycles. The van der Waals surface area contributed by atoms with Gasteiger partial charge in [-0.25, -0.2) is 0 Å². The molecule has 0 saturated heterocycles. The minimum atomic E-state index is -4.54. The third-order valence-electron chi connectivity index (χ3n) is 0.842. The summed E-state index contributed by atoms with van der Waals surface area (Å²) >= 11 is 0.709. The van der Waals surface area contributed by atoms with Gasteiger partial charge in [-0.1, -0.05) is 3.89 Å². The first-order valence-electron chi connectivity index (χ1n) is 2.30. The highest BCUT2D eigenvalue weighted by Gasteiger charge is 2.13. The summed E-state index contributed by atoms with van der Waals surface area (Å²) in [6.07, 6.45) is 0. The molecule has 0 saturated carbocycles. The topological polar surface area (TPSA) is 60.2 Å². The fourth-order valence-electron chi connectivity index (χ4n) is 0.465. The third-order valence-corrected chi connectivity index (χ3v) is 3.02. The van der Waals surface area contributed by atoms with Gasteiger partial charge in [-0.15, -0.1) is 11.3 Å². The molecule has 0 radical (unpaired) electrons. The van der Waals surface area contributed by atoms with E-state index in [4.69, 9.17) is 5.73 Å². The van der Waals surface area contributed by atoms with Crippen LogP contribution in [0.5, 0.6) is 0 Å². The fraction of sp³-hybridized carbons (Fsp3) is 0. The number of hydrogen-bond donors (Lipinski definition) is 1. The van der Waals surface area contributed by atoms with Gasteiger partial charge in [0.05, 0.1) is 5.00 Å². The zero-order chi connectivity index (χ0) is 7.78. The Morgan fingerprint density at radius 1 is 1.50 bits per heavy atom. The van der Waals surface area contributed by atoms with Crippen LogP contribution >= 0.6 is 11.3 Å². The van der Waals surface area contributed by atoms with Gasteiger partial charge in [-0.05, 0) is 12.1 Å². The van der Waals surface area contributed by atoms with E-state index in [1.165, 1.54) is 6.07 Å². The average molecular weight is 181 g/mol. The number of nitrogens with two attached hydrogens (primary N) is 1. The Labute approximate surface area is 61.5 Å². The molecule has 3 nitrogen and oxygen atoms in total. The normalized spacial score (nSPS) is 11.7. The van der Waals surface area contributed by atoms with Gasteiger partial charge in [0.2, 0.25) is 0 Å². The molecule has 0 aromatic carbocycles. The third kappa shape index (κ3) is 1.45. The van der Waals surface area contributed by atoms with Crippen LogP contribution in [0.3, 0.4) is 0 Å². The molecular weight excluding hydrogens is 177 g/mol. The van der Waals surface area contributed by atoms with Crippen molar-refractivity contribution in [3.05, 3.63) is 12.1 Å². The van der Waals surface area contributed by atoms with Crippen LogP contribution in [0.2, 0.25) is 0 Å². The second-order valence-corrected chi connectivity index (χ2v) is 4.28. The van der Waals surface area contributed by atoms with Gasteiger partial charge in [0.15, 0.2) is 4.21 Å². The quantitative estimate of drug-likeness (QED) is 0.657. The Kier molecular flexibility index (Phi) is 1.65. The van der Waals surface area contributed by atoms with Gasteiger partial charge in [0.1, 0.15) is 0 Å². The van der Waals surface area contributed by atoms with Crippen LogP contribution in [0.25, 0.3) is 0 Å². The maximum Gasteiger partial charge on any atom is 0.341 e. The van der Waals surface area contributed by atoms with E-state index in [1.807, 2.05) is 0 Å². The van der Waals surface area contributed by atoms with E-state index < -0.39 is 10.2 Å². The van der Waals surface area contributed by atoms with Gasteiger partial charge in [0, 0.05) is 0 Å². The molecule has 0 unspecified atom stereocenters. The maximum absolute atomic E-state index is 12.1. The summed E-state index contributed by atoms with van der Waals surface area (Å²) < 4.78 is 32.0. The number of thiophene rings is 1. The standard InChI is InChI=1S/C4H4FNO2S2/c5-10(7,8)4-2-1-3(6)9-4/h1-2H,6H2. The molecule has 0 atom stereocenters. The highest BCUT2D eigenvalue weighted by molar-refractivity contribution is 7.88. The van der Waals surface area contributed by atoms with Crippen LogP contribution in [0.15, 0.2) is 16.3 Å². The summed E-state index contributed by atoms with van der Waals surface area (Å²) in [4.78, 5) is 0. The maximum atomic E-state index is 12.1. The van der Waals surface area contributed by atoms with Gasteiger partial charge in [0.25, 0.3) is 0 Å². The summed E-state index contributed by atoms with van der Waals surface area (Å²) in [5.74, 6) is 0. The summed E-state index contributed by atoms with van der Waals surface area (Å²) in [6, 6.07) is 2.48. The molecule has 1 rings (SSSR count). The lowest BCUT2D eigenvalue weighted by Gasteiger charge is -1.82. The zero-order valence-electron chi connectivity index (χ0n) is 4.74. The Morgan fingerprint density at radius 2 is 2.10 bits per heavy atom. The van der Waals surface area contributed by atoms with Crippen LogP contribution in [0, 0.1) is 0 Å². The van der Waals surface area contributed by atoms with E-state index in [0.717, 1.165) is 6.07 Å². The van der Waals surface area contributed by atoms with Crippen LogP contribution in [0.4, 0.5) is 8.89 Å². The smallest absolute Gasteiger partial charge is 0.341 e. The molecule has 0 spiro atoms. The predicted molar refractivity (Wildman–Crippen MR) is 37.0 cm³/mol. The first-order chi connectivity index (χ1) is 4.50. The Hall–Kier alpha value is -0.620. The van der Waals surface area contributed by atoms with Crippen molar-refractivity contribution in [2.45, 2.75) is 4.21 Å². The summed E-state index contributed by atoms with van der Waals surface area (Å²) in [5.41, 5.74) is 5.16. The fourth-order valence-corrected chi connectivity index (χ4v) is 1.89. The second kappa shape index (κ2) is 2.21. The van der Waals surface area contributed by atoms with Crippen molar-refractivity contribution >= 4 is 26.6 Å². The van der Waals surface area contributed by atoms with Gasteiger partial charge in [-0.3, -0.25) is 0 Å². The molecule has 0 aliphatic heterocycles. The van der Waals surface area contributed by atoms with E-state index in [2.05, 4.69) is 0 Å². The first-order valence-corrected chi connectivity index (χ1v) is 4.50. The summed E-state index contributed by atoms with van der Waals surface area (Å²) in [6.45, 7) is 0. The molecule has 6 heteroatoms. The van der Waals surface area contributed by atoms with Crippen molar-refractivity contribution in [1.82, 2.24) is 0 Å². The molecule has 0 aliphatic rings. The number of rotatable bonds is 1. The SMILES string of the molecule is Nc1ccc(S(=O)(=O)F)s1. The van der Waals surface area contributed by atoms with Gasteiger partial charge >= 0.3 is 10.2 Å². The van der Waals surface area contributed by atoms with Crippen molar-refractivity contribution in [3.8, 4) is 0 Å². The molecule has 2 N–H and O–H groups in total. The van der Waals surface area contributed by atoms with Crippen molar-refractivity contribution in [2.75, 3.05) is 5.73 Å². The van der Waals surface area contributed by atoms with E-state index >= 15 is 0 Å². The predicted octanol–water partition coefficient (Wildman–Crippen LogP) is 0.989. The van der Waals surface area contributed by atoms with Gasteiger partial charge < -0.3 is 5.73 Å². The summed E-state index contributed by atoms with van der Waals surface area (Å²) in [5, 5.41) is 0.288. The Balaban J connectivity index is 3.21. The highest BCUT2D eigenvalue weighted by Crippen LogP contribution is 2.24. The molecule has 1 heterocycles. The van der Waals surface area contributed by atoms with Gasteiger partial charge in [-0.2, -0.15) is 8.42 Å². The number of nitrogen functional groups attached to an aromatic ring is 1. The zero-order valence-corrected chi connectivity index (χ0v) is 6.38. The molecule has 0 amide bonds. The molecule has 10 heavy (non-hydrogen) atoms. The molecule has 0 fully saturated rings. The van der Waals surface area contributed by atoms with E-state index in [9.17, 15) is 12.3 Å². The largest absolute Gasteiger partial charge is 0.391 e. The van der Waals surface area contributed by atoms with Crippen molar-refractivity contribution in [2.24, 2.45) is 0 Å². The lowest BCUT2D eigenvalue weighted by molar-refractivity contribution is 0.554. The van der Waals surface area contributed by atoms with Crippen molar-refractivity contribution < 1.29 is 12.3 Å². The average Bonchev–Trinajstić information content (AvgIpc) is 2.11. The highest BCUT2D eigenvalue weighted by atomic mass is 32.3. The summed E-state index contributed by atoms with van der Waals surface area (Å²) in [7, 11) is -4.54. The first kappa shape index (κ1) is 7.49. The monoisotopic (exact) mass is 181 g/mol. The number of hydrogen-bond acceptors (Lipinski definition) is 4. The lowest BCUT2D eigenvalue weighted by Crippen LogP contribution is -1.85. The molecule has 1 aromatic rings. The van der Waals surface area contributed by atoms with Crippen LogP contribution in [-0.4, -0.2) is 8.42 Å². The van der Waals surface area contributed by atoms with E-state index in [0.29, 0.717) is 11.3 Å². The second-order valence-electron chi connectivity index (χ2n) is 1.59. The molecular formula is C4H4FNO2S2.